The molecule has 2 rings (SSSR count). The molecule has 2 nitrogen and oxygen atoms in total. The van der Waals surface area contributed by atoms with Gasteiger partial charge in [0, 0.05) is 6.54 Å². The number of rotatable bonds is 3. The van der Waals surface area contributed by atoms with Crippen LogP contribution in [0.3, 0.4) is 0 Å². The summed E-state index contributed by atoms with van der Waals surface area (Å²) in [5, 5.41) is 0. The lowest BCUT2D eigenvalue weighted by molar-refractivity contribution is 0.261. The standard InChI is InChI=1S/C13H20N2/c1-13(14,11-15-9-5-6-10-15)12-7-3-2-4-8-12/h2-4,7-8H,5-6,9-11,14H2,1H3/t13-/m1/s1. The SMILES string of the molecule is C[C@@](N)(CN1CCCC1)c1ccccc1. The van der Waals surface area contributed by atoms with Crippen LogP contribution in [0.1, 0.15) is 25.3 Å². The first-order valence-corrected chi connectivity index (χ1v) is 5.75. The fourth-order valence-corrected chi connectivity index (χ4v) is 2.32. The van der Waals surface area contributed by atoms with Gasteiger partial charge in [-0.25, -0.2) is 0 Å². The van der Waals surface area contributed by atoms with Gasteiger partial charge < -0.3 is 10.6 Å². The van der Waals surface area contributed by atoms with Crippen molar-refractivity contribution in [1.29, 1.82) is 0 Å². The summed E-state index contributed by atoms with van der Waals surface area (Å²) in [6, 6.07) is 10.4. The highest BCUT2D eigenvalue weighted by Gasteiger charge is 2.25. The van der Waals surface area contributed by atoms with Gasteiger partial charge in [-0.1, -0.05) is 30.3 Å². The predicted octanol–water partition coefficient (Wildman–Crippen LogP) is 1.96. The molecule has 1 aromatic carbocycles. The van der Waals surface area contributed by atoms with E-state index in [0.717, 1.165) is 6.54 Å². The van der Waals surface area contributed by atoms with Crippen molar-refractivity contribution in [2.45, 2.75) is 25.3 Å². The van der Waals surface area contributed by atoms with E-state index in [2.05, 4.69) is 36.1 Å². The lowest BCUT2D eigenvalue weighted by Gasteiger charge is -2.30. The first-order chi connectivity index (χ1) is 7.18. The van der Waals surface area contributed by atoms with Crippen LogP contribution in [0.4, 0.5) is 0 Å². The van der Waals surface area contributed by atoms with E-state index in [4.69, 9.17) is 5.73 Å². The summed E-state index contributed by atoms with van der Waals surface area (Å²) in [6.07, 6.45) is 2.65. The molecule has 0 unspecified atom stereocenters. The van der Waals surface area contributed by atoms with Gasteiger partial charge in [-0.15, -0.1) is 0 Å². The molecule has 1 aliphatic heterocycles. The Bertz CT molecular complexity index is 300. The second-order valence-electron chi connectivity index (χ2n) is 4.77. The largest absolute Gasteiger partial charge is 0.321 e. The van der Waals surface area contributed by atoms with Crippen molar-refractivity contribution in [2.24, 2.45) is 5.73 Å². The summed E-state index contributed by atoms with van der Waals surface area (Å²) in [7, 11) is 0. The second kappa shape index (κ2) is 4.33. The van der Waals surface area contributed by atoms with Crippen LogP contribution in [0.25, 0.3) is 0 Å². The second-order valence-corrected chi connectivity index (χ2v) is 4.77. The van der Waals surface area contributed by atoms with Gasteiger partial charge in [0.25, 0.3) is 0 Å². The Labute approximate surface area is 92.1 Å². The maximum atomic E-state index is 6.38. The molecule has 1 saturated heterocycles. The van der Waals surface area contributed by atoms with Crippen molar-refractivity contribution < 1.29 is 0 Å². The van der Waals surface area contributed by atoms with Gasteiger partial charge in [-0.3, -0.25) is 0 Å². The molecule has 0 radical (unpaired) electrons. The van der Waals surface area contributed by atoms with Crippen LogP contribution in [0.15, 0.2) is 30.3 Å². The maximum Gasteiger partial charge on any atom is 0.0509 e. The molecule has 82 valence electrons. The minimum atomic E-state index is -0.217. The summed E-state index contributed by atoms with van der Waals surface area (Å²) in [6.45, 7) is 5.51. The zero-order chi connectivity index (χ0) is 10.7. The van der Waals surface area contributed by atoms with E-state index in [0.29, 0.717) is 0 Å². The highest BCUT2D eigenvalue weighted by atomic mass is 15.2. The third kappa shape index (κ3) is 2.58. The Morgan fingerprint density at radius 3 is 2.40 bits per heavy atom. The van der Waals surface area contributed by atoms with Crippen LogP contribution in [0.5, 0.6) is 0 Å². The van der Waals surface area contributed by atoms with Crippen molar-refractivity contribution in [2.75, 3.05) is 19.6 Å². The molecule has 1 fully saturated rings. The van der Waals surface area contributed by atoms with E-state index < -0.39 is 0 Å². The van der Waals surface area contributed by atoms with Crippen molar-refractivity contribution in [3.05, 3.63) is 35.9 Å². The molecule has 2 N–H and O–H groups in total. The van der Waals surface area contributed by atoms with Gasteiger partial charge in [0.2, 0.25) is 0 Å². The topological polar surface area (TPSA) is 29.3 Å². The summed E-state index contributed by atoms with van der Waals surface area (Å²) >= 11 is 0. The Balaban J connectivity index is 2.05. The van der Waals surface area contributed by atoms with Gasteiger partial charge in [0.15, 0.2) is 0 Å². The van der Waals surface area contributed by atoms with E-state index in [9.17, 15) is 0 Å². The predicted molar refractivity (Wildman–Crippen MR) is 63.7 cm³/mol. The average molecular weight is 204 g/mol. The minimum absolute atomic E-state index is 0.217. The van der Waals surface area contributed by atoms with Crippen LogP contribution in [-0.4, -0.2) is 24.5 Å². The molecule has 1 atom stereocenters. The van der Waals surface area contributed by atoms with Crippen LogP contribution in [-0.2, 0) is 5.54 Å². The van der Waals surface area contributed by atoms with E-state index in [-0.39, 0.29) is 5.54 Å². The van der Waals surface area contributed by atoms with Gasteiger partial charge >= 0.3 is 0 Å². The molecule has 15 heavy (non-hydrogen) atoms. The van der Waals surface area contributed by atoms with Crippen molar-refractivity contribution in [3.8, 4) is 0 Å². The van der Waals surface area contributed by atoms with Crippen LogP contribution < -0.4 is 5.73 Å². The Kier molecular flexibility index (Phi) is 3.08. The van der Waals surface area contributed by atoms with Crippen LogP contribution >= 0.6 is 0 Å². The molecule has 0 saturated carbocycles. The summed E-state index contributed by atoms with van der Waals surface area (Å²) < 4.78 is 0. The maximum absolute atomic E-state index is 6.38. The minimum Gasteiger partial charge on any atom is -0.321 e. The fraction of sp³-hybridized carbons (Fsp3) is 0.538. The number of hydrogen-bond acceptors (Lipinski definition) is 2. The summed E-state index contributed by atoms with van der Waals surface area (Å²) in [5.41, 5.74) is 7.39. The van der Waals surface area contributed by atoms with Crippen LogP contribution in [0.2, 0.25) is 0 Å². The molecule has 0 aromatic heterocycles. The molecule has 0 bridgehead atoms. The van der Waals surface area contributed by atoms with Gasteiger partial charge in [-0.2, -0.15) is 0 Å². The third-order valence-corrected chi connectivity index (χ3v) is 3.18. The molecular weight excluding hydrogens is 184 g/mol. The molecule has 1 aromatic rings. The highest BCUT2D eigenvalue weighted by Crippen LogP contribution is 2.20. The number of hydrogen-bond donors (Lipinski definition) is 1. The zero-order valence-electron chi connectivity index (χ0n) is 9.45. The normalized spacial score (nSPS) is 21.5. The Morgan fingerprint density at radius 2 is 1.80 bits per heavy atom. The van der Waals surface area contributed by atoms with Crippen molar-refractivity contribution >= 4 is 0 Å². The summed E-state index contributed by atoms with van der Waals surface area (Å²) in [4.78, 5) is 2.47. The van der Waals surface area contributed by atoms with Crippen molar-refractivity contribution in [3.63, 3.8) is 0 Å². The molecule has 2 heteroatoms. The van der Waals surface area contributed by atoms with Crippen LogP contribution in [0, 0.1) is 0 Å². The van der Waals surface area contributed by atoms with E-state index in [1.165, 1.54) is 31.5 Å². The van der Waals surface area contributed by atoms with Gasteiger partial charge in [-0.05, 0) is 38.4 Å². The Hall–Kier alpha value is -0.860. The number of benzene rings is 1. The third-order valence-electron chi connectivity index (χ3n) is 3.18. The Morgan fingerprint density at radius 1 is 1.20 bits per heavy atom. The molecule has 0 aliphatic carbocycles. The molecule has 1 heterocycles. The monoisotopic (exact) mass is 204 g/mol. The quantitative estimate of drug-likeness (QED) is 0.815. The summed E-state index contributed by atoms with van der Waals surface area (Å²) in [5.74, 6) is 0. The average Bonchev–Trinajstić information content (AvgIpc) is 2.71. The van der Waals surface area contributed by atoms with E-state index in [1.807, 2.05) is 6.07 Å². The van der Waals surface area contributed by atoms with Gasteiger partial charge in [0.05, 0.1) is 5.54 Å². The number of nitrogens with two attached hydrogens (primary N) is 1. The van der Waals surface area contributed by atoms with E-state index in [1.54, 1.807) is 0 Å². The fourth-order valence-electron chi connectivity index (χ4n) is 2.32. The van der Waals surface area contributed by atoms with E-state index >= 15 is 0 Å². The molecule has 1 aliphatic rings. The lowest BCUT2D eigenvalue weighted by Crippen LogP contribution is -2.44. The number of nitrogens with zero attached hydrogens (tertiary/aromatic N) is 1. The molecule has 0 amide bonds. The molecule has 0 spiro atoms. The first-order valence-electron chi connectivity index (χ1n) is 5.75. The first kappa shape index (κ1) is 10.7. The number of likely N-dealkylation sites (tertiary alicyclic amines) is 1. The van der Waals surface area contributed by atoms with Gasteiger partial charge in [0.1, 0.15) is 0 Å². The smallest absolute Gasteiger partial charge is 0.0509 e. The lowest BCUT2D eigenvalue weighted by atomic mass is 9.93. The van der Waals surface area contributed by atoms with Crippen molar-refractivity contribution in [1.82, 2.24) is 4.90 Å². The highest BCUT2D eigenvalue weighted by molar-refractivity contribution is 5.23. The zero-order valence-corrected chi connectivity index (χ0v) is 9.45. The molecular formula is C13H20N2.